The molecule has 1 unspecified atom stereocenters. The lowest BCUT2D eigenvalue weighted by Gasteiger charge is -2.25. The largest absolute Gasteiger partial charge is 0.416 e. The van der Waals surface area contributed by atoms with E-state index in [1.165, 1.54) is 17.8 Å². The molecule has 2 N–H and O–H groups in total. The molecule has 0 aliphatic rings. The predicted octanol–water partition coefficient (Wildman–Crippen LogP) is 5.74. The molecule has 0 fully saturated rings. The topological polar surface area (TPSA) is 80.5 Å². The first-order valence-corrected chi connectivity index (χ1v) is 10.6. The molecule has 12 heteroatoms. The monoisotopic (exact) mass is 579 g/mol. The van der Waals surface area contributed by atoms with Gasteiger partial charge in [-0.3, -0.25) is 0 Å². The molecule has 1 aromatic heterocycles. The second-order valence-corrected chi connectivity index (χ2v) is 9.14. The van der Waals surface area contributed by atoms with Crippen LogP contribution >= 0.6 is 55.7 Å². The van der Waals surface area contributed by atoms with E-state index in [-0.39, 0.29) is 22.7 Å². The van der Waals surface area contributed by atoms with Crippen molar-refractivity contribution in [1.82, 2.24) is 15.0 Å². The highest BCUT2D eigenvalue weighted by Gasteiger charge is 2.36. The summed E-state index contributed by atoms with van der Waals surface area (Å²) < 4.78 is 40.9. The molecule has 5 nitrogen and oxygen atoms in total. The molecule has 0 aliphatic heterocycles. The molecule has 0 amide bonds. The average Bonchev–Trinajstić information content (AvgIpc) is 3.09. The van der Waals surface area contributed by atoms with Crippen molar-refractivity contribution in [3.8, 4) is 6.07 Å². The van der Waals surface area contributed by atoms with Crippen LogP contribution in [0.25, 0.3) is 11.0 Å². The maximum absolute atomic E-state index is 13.3. The summed E-state index contributed by atoms with van der Waals surface area (Å²) in [6.07, 6.45) is -4.59. The van der Waals surface area contributed by atoms with Gasteiger partial charge in [0.15, 0.2) is 0 Å². The normalized spacial score (nSPS) is 13.8. The molecular formula is C18H11Br2ClF3N5S. The second kappa shape index (κ2) is 8.07. The van der Waals surface area contributed by atoms with Crippen LogP contribution in [0.2, 0.25) is 5.02 Å². The van der Waals surface area contributed by atoms with Gasteiger partial charge in [-0.1, -0.05) is 29.9 Å². The van der Waals surface area contributed by atoms with Gasteiger partial charge in [-0.05, 0) is 62.5 Å². The predicted molar refractivity (Wildman–Crippen MR) is 118 cm³/mol. The molecule has 0 saturated heterocycles. The zero-order valence-corrected chi connectivity index (χ0v) is 19.8. The van der Waals surface area contributed by atoms with Gasteiger partial charge in [0.2, 0.25) is 0 Å². The van der Waals surface area contributed by atoms with E-state index in [2.05, 4.69) is 48.1 Å². The van der Waals surface area contributed by atoms with Gasteiger partial charge in [-0.25, -0.2) is 0 Å². The van der Waals surface area contributed by atoms with Gasteiger partial charge in [-0.2, -0.15) is 33.4 Å². The quantitative estimate of drug-likeness (QED) is 0.314. The fourth-order valence-electron chi connectivity index (χ4n) is 2.94. The van der Waals surface area contributed by atoms with Gasteiger partial charge >= 0.3 is 6.18 Å². The molecule has 3 rings (SSSR count). The molecule has 1 atom stereocenters. The Morgan fingerprint density at radius 2 is 1.90 bits per heavy atom. The van der Waals surface area contributed by atoms with Crippen LogP contribution in [0.5, 0.6) is 0 Å². The summed E-state index contributed by atoms with van der Waals surface area (Å²) in [5, 5.41) is 19.0. The SMILES string of the molecule is CC(C#N)(Cn1nc2c(Br)cc(Cl)c(Br)c2n1)c1cc(C(F)(F)F)ccc1C(N)=S. The van der Waals surface area contributed by atoms with Crippen molar-refractivity contribution in [2.24, 2.45) is 5.73 Å². The van der Waals surface area contributed by atoms with Gasteiger partial charge < -0.3 is 5.73 Å². The number of alkyl halides is 3. The highest BCUT2D eigenvalue weighted by molar-refractivity contribution is 9.11. The van der Waals surface area contributed by atoms with E-state index < -0.39 is 17.2 Å². The molecule has 0 radical (unpaired) electrons. The minimum atomic E-state index is -4.59. The molecule has 0 saturated carbocycles. The molecule has 0 spiro atoms. The first-order chi connectivity index (χ1) is 13.9. The van der Waals surface area contributed by atoms with Crippen molar-refractivity contribution in [1.29, 1.82) is 5.26 Å². The molecule has 0 bridgehead atoms. The Morgan fingerprint density at radius 1 is 1.27 bits per heavy atom. The van der Waals surface area contributed by atoms with Crippen LogP contribution in [0.4, 0.5) is 13.2 Å². The van der Waals surface area contributed by atoms with Crippen LogP contribution in [0.15, 0.2) is 33.2 Å². The number of benzene rings is 2. The highest BCUT2D eigenvalue weighted by Crippen LogP contribution is 2.37. The third-order valence-corrected chi connectivity index (χ3v) is 6.62. The number of halogens is 6. The Bertz CT molecular complexity index is 1220. The Morgan fingerprint density at radius 3 is 2.47 bits per heavy atom. The van der Waals surface area contributed by atoms with E-state index in [1.54, 1.807) is 6.07 Å². The van der Waals surface area contributed by atoms with Crippen LogP contribution in [-0.4, -0.2) is 20.0 Å². The van der Waals surface area contributed by atoms with Gasteiger partial charge in [0.05, 0.1) is 27.7 Å². The minimum Gasteiger partial charge on any atom is -0.389 e. The van der Waals surface area contributed by atoms with Crippen molar-refractivity contribution in [2.75, 3.05) is 0 Å². The lowest BCUT2D eigenvalue weighted by Crippen LogP contribution is -2.31. The van der Waals surface area contributed by atoms with Gasteiger partial charge in [0, 0.05) is 10.0 Å². The van der Waals surface area contributed by atoms with E-state index in [9.17, 15) is 18.4 Å². The standard InChI is InChI=1S/C18H11Br2ClF3N5S/c1-17(6-25,10-4-8(18(22,23)24)2-3-9(10)16(26)30)7-29-27-14-11(19)5-12(21)13(20)15(14)28-29/h2-5H,7H2,1H3,(H2,26,30). The van der Waals surface area contributed by atoms with Crippen molar-refractivity contribution in [3.05, 3.63) is 54.9 Å². The number of fused-ring (bicyclic) bond motifs is 1. The van der Waals surface area contributed by atoms with E-state index in [4.69, 9.17) is 29.6 Å². The molecule has 0 aliphatic carbocycles. The van der Waals surface area contributed by atoms with Crippen LogP contribution in [0.1, 0.15) is 23.6 Å². The number of thiocarbonyl (C=S) groups is 1. The number of nitrogens with two attached hydrogens (primary N) is 1. The lowest BCUT2D eigenvalue weighted by molar-refractivity contribution is -0.137. The maximum Gasteiger partial charge on any atom is 0.416 e. The van der Waals surface area contributed by atoms with Crippen LogP contribution in [0.3, 0.4) is 0 Å². The van der Waals surface area contributed by atoms with E-state index in [0.29, 0.717) is 25.0 Å². The Kier molecular flexibility index (Phi) is 6.17. The summed E-state index contributed by atoms with van der Waals surface area (Å²) in [4.78, 5) is 1.12. The van der Waals surface area contributed by atoms with Crippen molar-refractivity contribution in [2.45, 2.75) is 25.1 Å². The number of nitriles is 1. The van der Waals surface area contributed by atoms with Crippen LogP contribution < -0.4 is 5.73 Å². The van der Waals surface area contributed by atoms with Gasteiger partial charge in [0.25, 0.3) is 0 Å². The van der Waals surface area contributed by atoms with Crippen molar-refractivity contribution in [3.63, 3.8) is 0 Å². The molecule has 1 heterocycles. The first kappa shape index (κ1) is 22.9. The van der Waals surface area contributed by atoms with Crippen molar-refractivity contribution < 1.29 is 13.2 Å². The minimum absolute atomic E-state index is 0.0462. The Labute approximate surface area is 196 Å². The number of rotatable bonds is 4. The maximum atomic E-state index is 13.3. The third kappa shape index (κ3) is 4.19. The fourth-order valence-corrected chi connectivity index (χ4v) is 4.32. The van der Waals surface area contributed by atoms with E-state index >= 15 is 0 Å². The number of aromatic nitrogens is 3. The summed E-state index contributed by atoms with van der Waals surface area (Å²) >= 11 is 17.8. The lowest BCUT2D eigenvalue weighted by atomic mass is 9.80. The molecule has 2 aromatic carbocycles. The molecule has 156 valence electrons. The van der Waals surface area contributed by atoms with Crippen molar-refractivity contribution >= 4 is 71.7 Å². The summed E-state index contributed by atoms with van der Waals surface area (Å²) in [6, 6.07) is 6.65. The molecule has 3 aromatic rings. The second-order valence-electron chi connectivity index (χ2n) is 6.65. The molecule has 30 heavy (non-hydrogen) atoms. The fraction of sp³-hybridized carbons (Fsp3) is 0.222. The number of nitrogens with zero attached hydrogens (tertiary/aromatic N) is 4. The summed E-state index contributed by atoms with van der Waals surface area (Å²) in [7, 11) is 0. The summed E-state index contributed by atoms with van der Waals surface area (Å²) in [6.45, 7) is 1.33. The summed E-state index contributed by atoms with van der Waals surface area (Å²) in [5.74, 6) is 0. The summed E-state index contributed by atoms with van der Waals surface area (Å²) in [5.41, 5.74) is 4.49. The Hall–Kier alpha value is -1.74. The van der Waals surface area contributed by atoms with E-state index in [1.807, 2.05) is 0 Å². The molecular weight excluding hydrogens is 571 g/mol. The zero-order chi connectivity index (χ0) is 22.4. The average molecular weight is 582 g/mol. The smallest absolute Gasteiger partial charge is 0.389 e. The first-order valence-electron chi connectivity index (χ1n) is 8.18. The zero-order valence-electron chi connectivity index (χ0n) is 15.1. The van der Waals surface area contributed by atoms with Crippen LogP contribution in [0, 0.1) is 11.3 Å². The Balaban J connectivity index is 2.16. The van der Waals surface area contributed by atoms with Crippen LogP contribution in [-0.2, 0) is 18.1 Å². The highest BCUT2D eigenvalue weighted by atomic mass is 79.9. The number of hydrogen-bond donors (Lipinski definition) is 1. The van der Waals surface area contributed by atoms with E-state index in [0.717, 1.165) is 12.1 Å². The van der Waals surface area contributed by atoms with Gasteiger partial charge in [0.1, 0.15) is 21.4 Å². The third-order valence-electron chi connectivity index (χ3n) is 4.46. The number of hydrogen-bond acceptors (Lipinski definition) is 4. The van der Waals surface area contributed by atoms with Gasteiger partial charge in [-0.15, -0.1) is 0 Å².